The number of rotatable bonds is 1. The Labute approximate surface area is 97.9 Å². The monoisotopic (exact) mass is 238 g/mol. The van der Waals surface area contributed by atoms with E-state index in [4.69, 9.17) is 0 Å². The number of likely N-dealkylation sites (tertiary alicyclic amines) is 1. The normalized spacial score (nSPS) is 32.6. The molecule has 0 aliphatic carbocycles. The third-order valence-electron chi connectivity index (χ3n) is 3.73. The molecule has 17 heavy (non-hydrogen) atoms. The summed E-state index contributed by atoms with van der Waals surface area (Å²) in [4.78, 5) is 36.5. The van der Waals surface area contributed by atoms with E-state index in [1.165, 1.54) is 0 Å². The maximum atomic E-state index is 12.0. The molecule has 1 atom stereocenters. The molecule has 3 fully saturated rings. The summed E-state index contributed by atoms with van der Waals surface area (Å²) in [6.07, 6.45) is 0.496. The number of carbonyl (C=O) groups excluding carboxylic acids is 3. The number of hydrogen-bond acceptors (Lipinski definition) is 4. The molecule has 3 heterocycles. The predicted molar refractivity (Wildman–Crippen MR) is 57.0 cm³/mol. The van der Waals surface area contributed by atoms with Crippen molar-refractivity contribution < 1.29 is 14.4 Å². The van der Waals surface area contributed by atoms with Gasteiger partial charge in [0.25, 0.3) is 5.91 Å². The van der Waals surface area contributed by atoms with E-state index in [-0.39, 0.29) is 17.7 Å². The van der Waals surface area contributed by atoms with Crippen LogP contribution in [0, 0.1) is 5.92 Å². The van der Waals surface area contributed by atoms with E-state index in [2.05, 4.69) is 16.0 Å². The first-order chi connectivity index (χ1) is 8.11. The van der Waals surface area contributed by atoms with Gasteiger partial charge in [0.05, 0.1) is 12.5 Å². The van der Waals surface area contributed by atoms with Crippen LogP contribution in [0.15, 0.2) is 0 Å². The Hall–Kier alpha value is -1.63. The molecule has 0 bridgehead atoms. The minimum atomic E-state index is -0.885. The van der Waals surface area contributed by atoms with Gasteiger partial charge in [-0.15, -0.1) is 0 Å². The lowest BCUT2D eigenvalue weighted by molar-refractivity contribution is -0.136. The van der Waals surface area contributed by atoms with Gasteiger partial charge in [-0.3, -0.25) is 14.9 Å². The van der Waals surface area contributed by atoms with Crippen molar-refractivity contribution in [2.24, 2.45) is 5.92 Å². The topological polar surface area (TPSA) is 90.5 Å². The molecule has 1 spiro atoms. The highest BCUT2D eigenvalue weighted by Gasteiger charge is 2.52. The fourth-order valence-electron chi connectivity index (χ4n) is 2.53. The molecule has 0 radical (unpaired) electrons. The van der Waals surface area contributed by atoms with E-state index in [0.29, 0.717) is 32.6 Å². The predicted octanol–water partition coefficient (Wildman–Crippen LogP) is -1.98. The molecule has 3 N–H and O–H groups in total. The largest absolute Gasteiger partial charge is 0.339 e. The van der Waals surface area contributed by atoms with Gasteiger partial charge in [-0.25, -0.2) is 4.79 Å². The van der Waals surface area contributed by atoms with E-state index in [0.717, 1.165) is 0 Å². The first-order valence-electron chi connectivity index (χ1n) is 5.74. The molecule has 3 aliphatic rings. The summed E-state index contributed by atoms with van der Waals surface area (Å²) in [5, 5.41) is 7.90. The van der Waals surface area contributed by atoms with Gasteiger partial charge < -0.3 is 15.5 Å². The summed E-state index contributed by atoms with van der Waals surface area (Å²) in [5.41, 5.74) is -0.885. The highest BCUT2D eigenvalue weighted by atomic mass is 16.2. The van der Waals surface area contributed by atoms with Gasteiger partial charge in [0.15, 0.2) is 0 Å². The van der Waals surface area contributed by atoms with Gasteiger partial charge in [0, 0.05) is 19.6 Å². The maximum Gasteiger partial charge on any atom is 0.322 e. The second kappa shape index (κ2) is 3.43. The minimum absolute atomic E-state index is 0.0327. The van der Waals surface area contributed by atoms with Crippen LogP contribution in [0.1, 0.15) is 6.42 Å². The second-order valence-corrected chi connectivity index (χ2v) is 4.86. The van der Waals surface area contributed by atoms with Crippen LogP contribution >= 0.6 is 0 Å². The highest BCUT2D eigenvalue weighted by Crippen LogP contribution is 2.26. The smallest absolute Gasteiger partial charge is 0.322 e. The first kappa shape index (κ1) is 10.5. The Balaban J connectivity index is 1.70. The van der Waals surface area contributed by atoms with Crippen molar-refractivity contribution in [3.05, 3.63) is 0 Å². The number of carbonyl (C=O) groups is 3. The quantitative estimate of drug-likeness (QED) is 0.462. The van der Waals surface area contributed by atoms with E-state index in [1.54, 1.807) is 4.90 Å². The fourth-order valence-corrected chi connectivity index (χ4v) is 2.53. The molecule has 92 valence electrons. The lowest BCUT2D eigenvalue weighted by atomic mass is 9.99. The van der Waals surface area contributed by atoms with E-state index < -0.39 is 11.6 Å². The Kier molecular flexibility index (Phi) is 2.12. The Bertz CT molecular complexity index is 406. The lowest BCUT2D eigenvalue weighted by Crippen LogP contribution is -2.54. The SMILES string of the molecule is O=C1NC(=O)C2(CCN(C(=O)C3CNC3)C2)N1. The molecule has 0 saturated carbocycles. The van der Waals surface area contributed by atoms with Crippen molar-refractivity contribution in [1.82, 2.24) is 20.9 Å². The van der Waals surface area contributed by atoms with Crippen LogP contribution in [0.5, 0.6) is 0 Å². The Morgan fingerprint density at radius 2 is 2.12 bits per heavy atom. The lowest BCUT2D eigenvalue weighted by Gasteiger charge is -2.30. The zero-order valence-corrected chi connectivity index (χ0v) is 9.28. The van der Waals surface area contributed by atoms with Gasteiger partial charge in [0.1, 0.15) is 5.54 Å². The summed E-state index contributed by atoms with van der Waals surface area (Å²) < 4.78 is 0. The van der Waals surface area contributed by atoms with Crippen molar-refractivity contribution in [3.8, 4) is 0 Å². The van der Waals surface area contributed by atoms with Crippen LogP contribution in [-0.2, 0) is 9.59 Å². The van der Waals surface area contributed by atoms with Crippen molar-refractivity contribution >= 4 is 17.8 Å². The van der Waals surface area contributed by atoms with Crippen LogP contribution in [0.4, 0.5) is 4.79 Å². The molecule has 0 aromatic heterocycles. The van der Waals surface area contributed by atoms with Crippen LogP contribution in [0.3, 0.4) is 0 Å². The number of amides is 4. The molecule has 0 aromatic carbocycles. The second-order valence-electron chi connectivity index (χ2n) is 4.86. The zero-order valence-electron chi connectivity index (χ0n) is 9.28. The molecule has 3 rings (SSSR count). The number of nitrogens with one attached hydrogen (secondary N) is 3. The van der Waals surface area contributed by atoms with Gasteiger partial charge in [0.2, 0.25) is 5.91 Å². The van der Waals surface area contributed by atoms with Crippen molar-refractivity contribution in [2.75, 3.05) is 26.2 Å². The zero-order chi connectivity index (χ0) is 12.0. The number of hydrogen-bond donors (Lipinski definition) is 3. The summed E-state index contributed by atoms with van der Waals surface area (Å²) in [5.74, 6) is -0.204. The summed E-state index contributed by atoms with van der Waals surface area (Å²) in [7, 11) is 0. The van der Waals surface area contributed by atoms with Crippen molar-refractivity contribution in [1.29, 1.82) is 0 Å². The molecule has 7 heteroatoms. The molecular weight excluding hydrogens is 224 g/mol. The first-order valence-corrected chi connectivity index (χ1v) is 5.74. The van der Waals surface area contributed by atoms with Gasteiger partial charge in [-0.2, -0.15) is 0 Å². The molecule has 1 unspecified atom stereocenters. The minimum Gasteiger partial charge on any atom is -0.339 e. The van der Waals surface area contributed by atoms with Gasteiger partial charge in [-0.05, 0) is 6.42 Å². The Morgan fingerprint density at radius 1 is 1.35 bits per heavy atom. The van der Waals surface area contributed by atoms with Crippen LogP contribution in [-0.4, -0.2) is 54.5 Å². The molecule has 3 saturated heterocycles. The number of urea groups is 1. The van der Waals surface area contributed by atoms with Crippen molar-refractivity contribution in [2.45, 2.75) is 12.0 Å². The number of imide groups is 1. The van der Waals surface area contributed by atoms with Crippen LogP contribution < -0.4 is 16.0 Å². The van der Waals surface area contributed by atoms with E-state index >= 15 is 0 Å². The summed E-state index contributed by atoms with van der Waals surface area (Å²) in [6, 6.07) is -0.463. The Morgan fingerprint density at radius 3 is 2.65 bits per heavy atom. The van der Waals surface area contributed by atoms with Crippen molar-refractivity contribution in [3.63, 3.8) is 0 Å². The summed E-state index contributed by atoms with van der Waals surface area (Å²) >= 11 is 0. The summed E-state index contributed by atoms with van der Waals surface area (Å²) in [6.45, 7) is 2.24. The maximum absolute atomic E-state index is 12.0. The molecule has 4 amide bonds. The molecule has 3 aliphatic heterocycles. The van der Waals surface area contributed by atoms with E-state index in [9.17, 15) is 14.4 Å². The molecule has 7 nitrogen and oxygen atoms in total. The van der Waals surface area contributed by atoms with E-state index in [1.807, 2.05) is 0 Å². The third-order valence-corrected chi connectivity index (χ3v) is 3.73. The fraction of sp³-hybridized carbons (Fsp3) is 0.700. The highest BCUT2D eigenvalue weighted by molar-refractivity contribution is 6.07. The average Bonchev–Trinajstić information content (AvgIpc) is 2.70. The average molecular weight is 238 g/mol. The standard InChI is InChI=1S/C10H14N4O3/c15-7(6-3-11-4-6)14-2-1-10(5-14)8(16)12-9(17)13-10/h6,11H,1-5H2,(H2,12,13,16,17). The van der Waals surface area contributed by atoms with Crippen LogP contribution in [0.25, 0.3) is 0 Å². The van der Waals surface area contributed by atoms with Gasteiger partial charge in [-0.1, -0.05) is 0 Å². The third kappa shape index (κ3) is 1.49. The molecular formula is C10H14N4O3. The molecule has 0 aromatic rings. The van der Waals surface area contributed by atoms with Gasteiger partial charge >= 0.3 is 6.03 Å². The van der Waals surface area contributed by atoms with Crippen LogP contribution in [0.2, 0.25) is 0 Å². The number of nitrogens with zero attached hydrogens (tertiary/aromatic N) is 1.